The van der Waals surface area contributed by atoms with Gasteiger partial charge < -0.3 is 26.0 Å². The van der Waals surface area contributed by atoms with Gasteiger partial charge in [0.2, 0.25) is 0 Å². The molecule has 0 aromatic carbocycles. The van der Waals surface area contributed by atoms with Crippen molar-refractivity contribution >= 4 is 11.6 Å². The fourth-order valence-electron chi connectivity index (χ4n) is 2.19. The van der Waals surface area contributed by atoms with E-state index in [0.29, 0.717) is 13.0 Å². The third-order valence-corrected chi connectivity index (χ3v) is 3.65. The van der Waals surface area contributed by atoms with E-state index in [1.165, 1.54) is 12.5 Å². The van der Waals surface area contributed by atoms with Gasteiger partial charge in [0.25, 0.3) is 0 Å². The van der Waals surface area contributed by atoms with Crippen LogP contribution >= 0.6 is 11.6 Å². The molecule has 0 aliphatic carbocycles. The van der Waals surface area contributed by atoms with Crippen LogP contribution in [0.3, 0.4) is 0 Å². The van der Waals surface area contributed by atoms with Gasteiger partial charge in [0.05, 0.1) is 6.10 Å². The lowest BCUT2D eigenvalue weighted by atomic mass is 9.88. The van der Waals surface area contributed by atoms with Gasteiger partial charge in [-0.15, -0.1) is 0 Å². The molecule has 6 heteroatoms. The van der Waals surface area contributed by atoms with Crippen LogP contribution in [0.2, 0.25) is 0 Å². The molecule has 20 heavy (non-hydrogen) atoms. The number of nitrogens with two attached hydrogens (primary N) is 1. The number of nitrogens with one attached hydrogen (secondary N) is 1. The number of ether oxygens (including phenoxy) is 1. The molecule has 0 aromatic rings. The van der Waals surface area contributed by atoms with Gasteiger partial charge in [-0.05, 0) is 25.1 Å². The summed E-state index contributed by atoms with van der Waals surface area (Å²) >= 11 is 5.54. The summed E-state index contributed by atoms with van der Waals surface area (Å²) in [5, 5.41) is 23.2. The third-order valence-electron chi connectivity index (χ3n) is 3.50. The van der Waals surface area contributed by atoms with Crippen molar-refractivity contribution < 1.29 is 14.9 Å². The molecule has 0 unspecified atom stereocenters. The van der Waals surface area contributed by atoms with Crippen LogP contribution in [0.25, 0.3) is 0 Å². The molecule has 1 saturated heterocycles. The minimum atomic E-state index is -1.40. The first kappa shape index (κ1) is 17.4. The molecule has 4 atom stereocenters. The van der Waals surface area contributed by atoms with Crippen molar-refractivity contribution in [2.45, 2.75) is 37.4 Å². The van der Waals surface area contributed by atoms with Crippen LogP contribution in [0, 0.1) is 0 Å². The van der Waals surface area contributed by atoms with Crippen molar-refractivity contribution in [2.75, 3.05) is 13.6 Å². The summed E-state index contributed by atoms with van der Waals surface area (Å²) < 4.78 is 5.45. The molecule has 114 valence electrons. The first-order chi connectivity index (χ1) is 9.34. The van der Waals surface area contributed by atoms with Gasteiger partial charge in [0, 0.05) is 18.5 Å². The SMILES string of the molecule is C=C(CNC)/C(=C\C=C\Cl)C[C@H]1O[C@@H](N)[C@H](O)[C@]1(C)O. The van der Waals surface area contributed by atoms with Gasteiger partial charge in [0.15, 0.2) is 0 Å². The zero-order chi connectivity index (χ0) is 15.3. The highest BCUT2D eigenvalue weighted by Gasteiger charge is 2.50. The van der Waals surface area contributed by atoms with Crippen molar-refractivity contribution in [3.05, 3.63) is 35.4 Å². The Morgan fingerprint density at radius 3 is 2.70 bits per heavy atom. The summed E-state index contributed by atoms with van der Waals surface area (Å²) in [6, 6.07) is 0. The van der Waals surface area contributed by atoms with Crippen molar-refractivity contribution in [3.8, 4) is 0 Å². The van der Waals surface area contributed by atoms with Gasteiger partial charge in [-0.3, -0.25) is 0 Å². The summed E-state index contributed by atoms with van der Waals surface area (Å²) in [5.74, 6) is 0. The lowest BCUT2D eigenvalue weighted by Gasteiger charge is -2.27. The Hall–Kier alpha value is -0.690. The molecule has 0 amide bonds. The predicted octanol–water partition coefficient (Wildman–Crippen LogP) is 0.627. The molecule has 0 radical (unpaired) electrons. The van der Waals surface area contributed by atoms with Gasteiger partial charge in [0.1, 0.15) is 17.9 Å². The molecule has 1 heterocycles. The van der Waals surface area contributed by atoms with E-state index in [1.807, 2.05) is 13.1 Å². The van der Waals surface area contributed by atoms with E-state index in [1.54, 1.807) is 6.08 Å². The Balaban J connectivity index is 2.88. The Morgan fingerprint density at radius 2 is 2.25 bits per heavy atom. The van der Waals surface area contributed by atoms with E-state index in [0.717, 1.165) is 11.1 Å². The molecular formula is C14H23ClN2O3. The summed E-state index contributed by atoms with van der Waals surface area (Å²) in [5.41, 5.74) is 7.36. The van der Waals surface area contributed by atoms with Crippen molar-refractivity contribution in [3.63, 3.8) is 0 Å². The number of likely N-dealkylation sites (N-methyl/N-ethyl adjacent to an activating group) is 1. The number of halogens is 1. The maximum Gasteiger partial charge on any atom is 0.135 e. The lowest BCUT2D eigenvalue weighted by molar-refractivity contribution is -0.0623. The summed E-state index contributed by atoms with van der Waals surface area (Å²) in [7, 11) is 1.82. The number of hydrogen-bond donors (Lipinski definition) is 4. The topological polar surface area (TPSA) is 87.7 Å². The molecule has 0 aromatic heterocycles. The van der Waals surface area contributed by atoms with Crippen LogP contribution in [0.5, 0.6) is 0 Å². The fourth-order valence-corrected chi connectivity index (χ4v) is 2.26. The highest BCUT2D eigenvalue weighted by molar-refractivity contribution is 6.25. The molecular weight excluding hydrogens is 280 g/mol. The van der Waals surface area contributed by atoms with E-state index in [9.17, 15) is 10.2 Å². The highest BCUT2D eigenvalue weighted by Crippen LogP contribution is 2.33. The minimum absolute atomic E-state index is 0.388. The average molecular weight is 303 g/mol. The molecule has 1 fully saturated rings. The summed E-state index contributed by atoms with van der Waals surface area (Å²) in [6.45, 7) is 6.11. The monoisotopic (exact) mass is 302 g/mol. The second kappa shape index (κ2) is 7.36. The molecule has 0 bridgehead atoms. The van der Waals surface area contributed by atoms with Crippen LogP contribution in [0.1, 0.15) is 13.3 Å². The van der Waals surface area contributed by atoms with Gasteiger partial charge in [-0.2, -0.15) is 0 Å². The van der Waals surface area contributed by atoms with E-state index < -0.39 is 24.0 Å². The fraction of sp³-hybridized carbons (Fsp3) is 0.571. The van der Waals surface area contributed by atoms with Crippen LogP contribution in [-0.2, 0) is 4.74 Å². The first-order valence-electron chi connectivity index (χ1n) is 6.44. The number of rotatable bonds is 6. The molecule has 0 spiro atoms. The zero-order valence-corrected chi connectivity index (χ0v) is 12.6. The van der Waals surface area contributed by atoms with Crippen LogP contribution in [0.15, 0.2) is 35.4 Å². The molecule has 5 nitrogen and oxygen atoms in total. The van der Waals surface area contributed by atoms with Crippen molar-refractivity contribution in [1.82, 2.24) is 5.32 Å². The minimum Gasteiger partial charge on any atom is -0.386 e. The number of allylic oxidation sites excluding steroid dienone is 2. The smallest absolute Gasteiger partial charge is 0.135 e. The number of aliphatic hydroxyl groups is 2. The predicted molar refractivity (Wildman–Crippen MR) is 80.2 cm³/mol. The van der Waals surface area contributed by atoms with Gasteiger partial charge in [-0.25, -0.2) is 0 Å². The van der Waals surface area contributed by atoms with Crippen molar-refractivity contribution in [2.24, 2.45) is 5.73 Å². The van der Waals surface area contributed by atoms with Gasteiger partial charge >= 0.3 is 0 Å². The highest BCUT2D eigenvalue weighted by atomic mass is 35.5. The average Bonchev–Trinajstić information content (AvgIpc) is 2.58. The molecule has 0 saturated carbocycles. The second-order valence-electron chi connectivity index (χ2n) is 5.11. The normalized spacial score (nSPS) is 34.9. The first-order valence-corrected chi connectivity index (χ1v) is 6.88. The standard InChI is InChI=1S/C14H23ClN2O3/c1-9(8-17-3)10(5-4-6-15)7-11-14(2,19)12(18)13(16)20-11/h4-6,11-13,17-19H,1,7-8,16H2,2-3H3/b6-4+,10-5-/t11-,12+,13-,14-/m1/s1. The Bertz CT molecular complexity index is 407. The van der Waals surface area contributed by atoms with E-state index >= 15 is 0 Å². The zero-order valence-electron chi connectivity index (χ0n) is 11.8. The van der Waals surface area contributed by atoms with Crippen molar-refractivity contribution in [1.29, 1.82) is 0 Å². The molecule has 1 aliphatic heterocycles. The number of hydrogen-bond acceptors (Lipinski definition) is 5. The van der Waals surface area contributed by atoms with Crippen LogP contribution < -0.4 is 11.1 Å². The maximum absolute atomic E-state index is 10.3. The van der Waals surface area contributed by atoms with E-state index in [-0.39, 0.29) is 0 Å². The maximum atomic E-state index is 10.3. The largest absolute Gasteiger partial charge is 0.386 e. The quantitative estimate of drug-likeness (QED) is 0.541. The summed E-state index contributed by atoms with van der Waals surface area (Å²) in [4.78, 5) is 0. The molecule has 1 rings (SSSR count). The lowest BCUT2D eigenvalue weighted by Crippen LogP contribution is -2.47. The van der Waals surface area contributed by atoms with Gasteiger partial charge in [-0.1, -0.05) is 30.3 Å². The Labute approximate surface area is 124 Å². The van der Waals surface area contributed by atoms with Crippen LogP contribution in [0.4, 0.5) is 0 Å². The van der Waals surface area contributed by atoms with E-state index in [2.05, 4.69) is 11.9 Å². The van der Waals surface area contributed by atoms with E-state index in [4.69, 9.17) is 22.1 Å². The molecule has 1 aliphatic rings. The second-order valence-corrected chi connectivity index (χ2v) is 5.36. The number of aliphatic hydroxyl groups excluding tert-OH is 1. The Kier molecular flexibility index (Phi) is 6.39. The summed E-state index contributed by atoms with van der Waals surface area (Å²) in [6.07, 6.45) is 1.27. The van der Waals surface area contributed by atoms with Crippen LogP contribution in [-0.4, -0.2) is 47.8 Å². The Morgan fingerprint density at radius 1 is 1.60 bits per heavy atom. The molecule has 5 N–H and O–H groups in total. The third kappa shape index (κ3) is 3.91.